The number of hydrogen-bond acceptors (Lipinski definition) is 4. The maximum Gasteiger partial charge on any atom is 0.292 e. The Kier molecular flexibility index (Phi) is 1.62. The minimum Gasteiger partial charge on any atom is -0.432 e. The molecule has 2 fully saturated rings. The van der Waals surface area contributed by atoms with Gasteiger partial charge in [0.05, 0.1) is 5.69 Å². The van der Waals surface area contributed by atoms with Crippen molar-refractivity contribution in [3.63, 3.8) is 0 Å². The van der Waals surface area contributed by atoms with Gasteiger partial charge in [0.1, 0.15) is 6.26 Å². The molecule has 2 aliphatic rings. The van der Waals surface area contributed by atoms with Crippen molar-refractivity contribution in [1.82, 2.24) is 9.88 Å². The predicted molar refractivity (Wildman–Crippen MR) is 52.9 cm³/mol. The van der Waals surface area contributed by atoms with Crippen LogP contribution in [0.5, 0.6) is 0 Å². The third-order valence-electron chi connectivity index (χ3n) is 3.63. The standard InChI is InChI=1S/C10H15N3O/c11-9-12-8(6-14-9)10-2-1-4-13(7-10)5-3-10/h6H,1-5,7H2,(H2,11,12). The molecule has 2 unspecified atom stereocenters. The lowest BCUT2D eigenvalue weighted by Gasteiger charge is -2.31. The molecule has 2 atom stereocenters. The van der Waals surface area contributed by atoms with Crippen LogP contribution in [0.15, 0.2) is 10.7 Å². The van der Waals surface area contributed by atoms with E-state index in [0.29, 0.717) is 6.01 Å². The van der Waals surface area contributed by atoms with Crippen molar-refractivity contribution in [1.29, 1.82) is 0 Å². The van der Waals surface area contributed by atoms with Crippen molar-refractivity contribution >= 4 is 6.01 Å². The summed E-state index contributed by atoms with van der Waals surface area (Å²) in [5.41, 5.74) is 6.84. The molecule has 0 amide bonds. The van der Waals surface area contributed by atoms with Crippen LogP contribution >= 0.6 is 0 Å². The van der Waals surface area contributed by atoms with Gasteiger partial charge in [-0.2, -0.15) is 4.98 Å². The average Bonchev–Trinajstić information content (AvgIpc) is 2.73. The fourth-order valence-electron chi connectivity index (χ4n) is 2.86. The largest absolute Gasteiger partial charge is 0.432 e. The first-order valence-electron chi connectivity index (χ1n) is 5.22. The summed E-state index contributed by atoms with van der Waals surface area (Å²) in [4.78, 5) is 6.80. The molecule has 0 aliphatic carbocycles. The third kappa shape index (κ3) is 1.07. The van der Waals surface area contributed by atoms with Crippen molar-refractivity contribution in [2.24, 2.45) is 0 Å². The lowest BCUT2D eigenvalue weighted by Crippen LogP contribution is -2.37. The number of aromatic nitrogens is 1. The molecule has 1 aromatic rings. The van der Waals surface area contributed by atoms with Crippen LogP contribution < -0.4 is 5.73 Å². The Balaban J connectivity index is 1.96. The third-order valence-corrected chi connectivity index (χ3v) is 3.63. The molecule has 4 heteroatoms. The molecule has 0 aromatic carbocycles. The van der Waals surface area contributed by atoms with Gasteiger partial charge in [-0.3, -0.25) is 0 Å². The van der Waals surface area contributed by atoms with Gasteiger partial charge in [-0.25, -0.2) is 0 Å². The Labute approximate surface area is 83.1 Å². The van der Waals surface area contributed by atoms with Crippen LogP contribution in [0, 0.1) is 0 Å². The van der Waals surface area contributed by atoms with E-state index in [2.05, 4.69) is 9.88 Å². The summed E-state index contributed by atoms with van der Waals surface area (Å²) in [5, 5.41) is 0. The van der Waals surface area contributed by atoms with Gasteiger partial charge in [0.15, 0.2) is 0 Å². The Hall–Kier alpha value is -1.03. The smallest absolute Gasteiger partial charge is 0.292 e. The van der Waals surface area contributed by atoms with Crippen LogP contribution in [-0.4, -0.2) is 29.5 Å². The van der Waals surface area contributed by atoms with Crippen molar-refractivity contribution in [3.05, 3.63) is 12.0 Å². The van der Waals surface area contributed by atoms with Crippen LogP contribution in [0.3, 0.4) is 0 Å². The monoisotopic (exact) mass is 193 g/mol. The van der Waals surface area contributed by atoms with E-state index in [1.54, 1.807) is 6.26 Å². The molecule has 3 rings (SSSR count). The van der Waals surface area contributed by atoms with Crippen LogP contribution in [0.25, 0.3) is 0 Å². The number of piperidine rings is 1. The highest BCUT2D eigenvalue weighted by Gasteiger charge is 2.44. The molecule has 0 spiro atoms. The second kappa shape index (κ2) is 2.73. The molecular formula is C10H15N3O. The van der Waals surface area contributed by atoms with Gasteiger partial charge in [-0.15, -0.1) is 0 Å². The SMILES string of the molecule is Nc1nc(C23CCCN(CC2)C3)co1. The number of nitrogens with two attached hydrogens (primary N) is 1. The molecule has 0 radical (unpaired) electrons. The van der Waals surface area contributed by atoms with Crippen molar-refractivity contribution in [2.75, 3.05) is 25.4 Å². The van der Waals surface area contributed by atoms with E-state index in [-0.39, 0.29) is 5.41 Å². The summed E-state index contributed by atoms with van der Waals surface area (Å²) >= 11 is 0. The fraction of sp³-hybridized carbons (Fsp3) is 0.700. The minimum absolute atomic E-state index is 0.249. The van der Waals surface area contributed by atoms with Gasteiger partial charge in [-0.05, 0) is 32.4 Å². The minimum atomic E-state index is 0.249. The summed E-state index contributed by atoms with van der Waals surface area (Å²) in [6, 6.07) is 0.304. The van der Waals surface area contributed by atoms with Crippen molar-refractivity contribution < 1.29 is 4.42 Å². The van der Waals surface area contributed by atoms with E-state index in [9.17, 15) is 0 Å². The Morgan fingerprint density at radius 3 is 3.14 bits per heavy atom. The maximum atomic E-state index is 5.52. The number of anilines is 1. The maximum absolute atomic E-state index is 5.52. The summed E-state index contributed by atoms with van der Waals surface area (Å²) in [6.45, 7) is 3.58. The highest BCUT2D eigenvalue weighted by atomic mass is 16.4. The lowest BCUT2D eigenvalue weighted by molar-refractivity contribution is 0.240. The van der Waals surface area contributed by atoms with E-state index in [4.69, 9.17) is 10.2 Å². The predicted octanol–water partition coefficient (Wildman–Crippen LogP) is 0.994. The van der Waals surface area contributed by atoms with Crippen molar-refractivity contribution in [2.45, 2.75) is 24.7 Å². The molecule has 2 aliphatic heterocycles. The molecule has 2 saturated heterocycles. The molecule has 76 valence electrons. The number of oxazole rings is 1. The quantitative estimate of drug-likeness (QED) is 0.722. The first kappa shape index (κ1) is 8.29. The molecule has 1 aromatic heterocycles. The molecule has 14 heavy (non-hydrogen) atoms. The summed E-state index contributed by atoms with van der Waals surface area (Å²) in [7, 11) is 0. The summed E-state index contributed by atoms with van der Waals surface area (Å²) < 4.78 is 5.11. The number of fused-ring (bicyclic) bond motifs is 2. The van der Waals surface area contributed by atoms with Crippen LogP contribution in [0.2, 0.25) is 0 Å². The number of nitrogen functional groups attached to an aromatic ring is 1. The average molecular weight is 193 g/mol. The summed E-state index contributed by atoms with van der Waals surface area (Å²) in [6.07, 6.45) is 5.45. The zero-order chi connectivity index (χ0) is 9.60. The normalized spacial score (nSPS) is 36.1. The Morgan fingerprint density at radius 2 is 2.36 bits per heavy atom. The first-order chi connectivity index (χ1) is 6.78. The molecule has 2 N–H and O–H groups in total. The van der Waals surface area contributed by atoms with E-state index < -0.39 is 0 Å². The van der Waals surface area contributed by atoms with Gasteiger partial charge in [-0.1, -0.05) is 0 Å². The second-order valence-corrected chi connectivity index (χ2v) is 4.48. The van der Waals surface area contributed by atoms with Gasteiger partial charge < -0.3 is 15.1 Å². The first-order valence-corrected chi connectivity index (χ1v) is 5.22. The zero-order valence-electron chi connectivity index (χ0n) is 8.20. The van der Waals surface area contributed by atoms with Crippen LogP contribution in [0.1, 0.15) is 25.0 Å². The van der Waals surface area contributed by atoms with Gasteiger partial charge >= 0.3 is 0 Å². The highest BCUT2D eigenvalue weighted by Crippen LogP contribution is 2.41. The zero-order valence-corrected chi connectivity index (χ0v) is 8.20. The van der Waals surface area contributed by atoms with Gasteiger partial charge in [0.2, 0.25) is 0 Å². The van der Waals surface area contributed by atoms with E-state index in [1.165, 1.54) is 32.4 Å². The van der Waals surface area contributed by atoms with E-state index >= 15 is 0 Å². The van der Waals surface area contributed by atoms with Crippen LogP contribution in [-0.2, 0) is 5.41 Å². The Morgan fingerprint density at radius 1 is 1.43 bits per heavy atom. The lowest BCUT2D eigenvalue weighted by atomic mass is 9.78. The van der Waals surface area contributed by atoms with Crippen LogP contribution in [0.4, 0.5) is 6.01 Å². The summed E-state index contributed by atoms with van der Waals surface area (Å²) in [5.74, 6) is 0. The molecule has 4 nitrogen and oxygen atoms in total. The molecule has 3 heterocycles. The van der Waals surface area contributed by atoms with E-state index in [0.717, 1.165) is 12.2 Å². The van der Waals surface area contributed by atoms with Crippen molar-refractivity contribution in [3.8, 4) is 0 Å². The number of hydrogen-bond donors (Lipinski definition) is 1. The molecular weight excluding hydrogens is 178 g/mol. The van der Waals surface area contributed by atoms with Gasteiger partial charge in [0.25, 0.3) is 6.01 Å². The number of rotatable bonds is 1. The number of nitrogens with zero attached hydrogens (tertiary/aromatic N) is 2. The fourth-order valence-corrected chi connectivity index (χ4v) is 2.86. The van der Waals surface area contributed by atoms with E-state index in [1.807, 2.05) is 0 Å². The highest BCUT2D eigenvalue weighted by molar-refractivity contribution is 5.24. The second-order valence-electron chi connectivity index (χ2n) is 4.48. The van der Waals surface area contributed by atoms with Gasteiger partial charge in [0, 0.05) is 12.0 Å². The Bertz CT molecular complexity index is 345. The molecule has 0 saturated carbocycles. The topological polar surface area (TPSA) is 55.3 Å². The molecule has 2 bridgehead atoms.